The number of rotatable bonds is 1. The van der Waals surface area contributed by atoms with Crippen molar-refractivity contribution in [3.63, 3.8) is 0 Å². The van der Waals surface area contributed by atoms with Crippen LogP contribution >= 0.6 is 0 Å². The second-order valence-corrected chi connectivity index (χ2v) is 6.41. The van der Waals surface area contributed by atoms with Crippen molar-refractivity contribution in [2.45, 2.75) is 57.7 Å². The van der Waals surface area contributed by atoms with Crippen LogP contribution in [0.15, 0.2) is 0 Å². The lowest BCUT2D eigenvalue weighted by Gasteiger charge is -2.55. The fourth-order valence-electron chi connectivity index (χ4n) is 2.93. The van der Waals surface area contributed by atoms with Crippen molar-refractivity contribution in [1.82, 2.24) is 15.1 Å². The third-order valence-corrected chi connectivity index (χ3v) is 4.37. The highest BCUT2D eigenvalue weighted by Gasteiger charge is 2.44. The number of carbonyl (C=O) groups excluding carboxylic acids is 1. The Balaban J connectivity index is 2.88. The van der Waals surface area contributed by atoms with Crippen molar-refractivity contribution in [3.8, 4) is 0 Å². The van der Waals surface area contributed by atoms with Crippen molar-refractivity contribution in [2.24, 2.45) is 0 Å². The van der Waals surface area contributed by atoms with Gasteiger partial charge in [-0.3, -0.25) is 4.90 Å². The SMILES string of the molecule is CNC(=O)N(C)C1CC(C)(C)N(C)C(C)(C)C1. The number of piperidine rings is 1. The summed E-state index contributed by atoms with van der Waals surface area (Å²) in [7, 11) is 5.75. The van der Waals surface area contributed by atoms with Crippen LogP contribution in [0.4, 0.5) is 4.79 Å². The minimum absolute atomic E-state index is 0.00570. The topological polar surface area (TPSA) is 35.6 Å². The number of hydrogen-bond acceptors (Lipinski definition) is 2. The van der Waals surface area contributed by atoms with Crippen LogP contribution < -0.4 is 5.32 Å². The number of amides is 2. The standard InChI is InChI=1S/C13H27N3O/c1-12(2)8-10(15(6)11(17)14-5)9-13(3,4)16(12)7/h10H,8-9H2,1-7H3,(H,14,17). The number of likely N-dealkylation sites (tertiary alicyclic amines) is 1. The summed E-state index contributed by atoms with van der Waals surface area (Å²) in [6.07, 6.45) is 2.02. The van der Waals surface area contributed by atoms with Gasteiger partial charge in [-0.05, 0) is 47.6 Å². The summed E-state index contributed by atoms with van der Waals surface area (Å²) in [5, 5.41) is 2.70. The molecule has 0 saturated carbocycles. The largest absolute Gasteiger partial charge is 0.341 e. The van der Waals surface area contributed by atoms with Gasteiger partial charge >= 0.3 is 6.03 Å². The van der Waals surface area contributed by atoms with E-state index in [-0.39, 0.29) is 17.1 Å². The number of nitrogens with one attached hydrogen (secondary N) is 1. The van der Waals surface area contributed by atoms with Crippen LogP contribution in [0.1, 0.15) is 40.5 Å². The predicted molar refractivity (Wildman–Crippen MR) is 71.2 cm³/mol. The molecular weight excluding hydrogens is 214 g/mol. The van der Waals surface area contributed by atoms with E-state index in [1.165, 1.54) is 0 Å². The number of urea groups is 1. The summed E-state index contributed by atoms with van der Waals surface area (Å²) in [6, 6.07) is 0.308. The predicted octanol–water partition coefficient (Wildman–Crippen LogP) is 1.91. The molecule has 100 valence electrons. The molecule has 17 heavy (non-hydrogen) atoms. The highest BCUT2D eigenvalue weighted by molar-refractivity contribution is 5.73. The van der Waals surface area contributed by atoms with E-state index in [0.29, 0.717) is 6.04 Å². The molecule has 0 spiro atoms. The average molecular weight is 241 g/mol. The molecule has 1 fully saturated rings. The molecule has 1 aliphatic heterocycles. The Bertz CT molecular complexity index is 281. The van der Waals surface area contributed by atoms with Gasteiger partial charge in [-0.2, -0.15) is 0 Å². The lowest BCUT2D eigenvalue weighted by molar-refractivity contribution is -0.0347. The van der Waals surface area contributed by atoms with E-state index in [2.05, 4.69) is 45.0 Å². The lowest BCUT2D eigenvalue weighted by atomic mass is 9.77. The molecule has 0 bridgehead atoms. The minimum Gasteiger partial charge on any atom is -0.341 e. The Morgan fingerprint density at radius 1 is 1.24 bits per heavy atom. The van der Waals surface area contributed by atoms with Crippen molar-refractivity contribution in [2.75, 3.05) is 21.1 Å². The molecule has 1 rings (SSSR count). The third kappa shape index (κ3) is 2.73. The quantitative estimate of drug-likeness (QED) is 0.761. The van der Waals surface area contributed by atoms with Gasteiger partial charge in [0.15, 0.2) is 0 Å². The van der Waals surface area contributed by atoms with Gasteiger partial charge in [-0.1, -0.05) is 0 Å². The van der Waals surface area contributed by atoms with Gasteiger partial charge in [-0.15, -0.1) is 0 Å². The summed E-state index contributed by atoms with van der Waals surface area (Å²) < 4.78 is 0. The monoisotopic (exact) mass is 241 g/mol. The Morgan fingerprint density at radius 2 is 1.65 bits per heavy atom. The zero-order chi connectivity index (χ0) is 13.4. The molecule has 4 nitrogen and oxygen atoms in total. The maximum atomic E-state index is 11.7. The molecule has 1 heterocycles. The summed E-state index contributed by atoms with van der Waals surface area (Å²) >= 11 is 0. The van der Waals surface area contributed by atoms with Crippen LogP contribution in [-0.2, 0) is 0 Å². The van der Waals surface area contributed by atoms with E-state index < -0.39 is 0 Å². The van der Waals surface area contributed by atoms with Crippen LogP contribution in [0.3, 0.4) is 0 Å². The fourth-order valence-corrected chi connectivity index (χ4v) is 2.93. The second kappa shape index (κ2) is 4.48. The maximum Gasteiger partial charge on any atom is 0.317 e. The van der Waals surface area contributed by atoms with Gasteiger partial charge < -0.3 is 10.2 Å². The van der Waals surface area contributed by atoms with Gasteiger partial charge in [-0.25, -0.2) is 4.79 Å². The summed E-state index contributed by atoms with van der Waals surface area (Å²) in [6.45, 7) is 8.99. The third-order valence-electron chi connectivity index (χ3n) is 4.37. The Kier molecular flexibility index (Phi) is 3.77. The molecule has 0 aromatic heterocycles. The van der Waals surface area contributed by atoms with E-state index in [1.54, 1.807) is 7.05 Å². The summed E-state index contributed by atoms with van der Waals surface area (Å²) in [5.41, 5.74) is 0.239. The molecule has 0 radical (unpaired) electrons. The van der Waals surface area contributed by atoms with Gasteiger partial charge in [0, 0.05) is 31.2 Å². The molecule has 0 aliphatic carbocycles. The molecule has 4 heteroatoms. The van der Waals surface area contributed by atoms with Crippen LogP contribution in [0.5, 0.6) is 0 Å². The number of hydrogen-bond donors (Lipinski definition) is 1. The van der Waals surface area contributed by atoms with Gasteiger partial charge in [0.25, 0.3) is 0 Å². The molecule has 0 aromatic rings. The van der Waals surface area contributed by atoms with Crippen molar-refractivity contribution in [3.05, 3.63) is 0 Å². The highest BCUT2D eigenvalue weighted by atomic mass is 16.2. The Hall–Kier alpha value is -0.770. The summed E-state index contributed by atoms with van der Waals surface area (Å²) in [4.78, 5) is 16.0. The van der Waals surface area contributed by atoms with Crippen LogP contribution in [0.25, 0.3) is 0 Å². The maximum absolute atomic E-state index is 11.7. The molecule has 1 aliphatic rings. The van der Waals surface area contributed by atoms with Crippen molar-refractivity contribution in [1.29, 1.82) is 0 Å². The molecule has 1 N–H and O–H groups in total. The van der Waals surface area contributed by atoms with Crippen molar-refractivity contribution < 1.29 is 4.79 Å². The average Bonchev–Trinajstić information content (AvgIpc) is 2.22. The zero-order valence-corrected chi connectivity index (χ0v) is 12.3. The Labute approximate surface area is 105 Å². The van der Waals surface area contributed by atoms with Gasteiger partial charge in [0.05, 0.1) is 0 Å². The molecule has 0 unspecified atom stereocenters. The first-order valence-electron chi connectivity index (χ1n) is 6.30. The van der Waals surface area contributed by atoms with E-state index in [4.69, 9.17) is 0 Å². The van der Waals surface area contributed by atoms with Gasteiger partial charge in [0.2, 0.25) is 0 Å². The van der Waals surface area contributed by atoms with E-state index >= 15 is 0 Å². The van der Waals surface area contributed by atoms with Gasteiger partial charge in [0.1, 0.15) is 0 Å². The number of carbonyl (C=O) groups is 1. The summed E-state index contributed by atoms with van der Waals surface area (Å²) in [5.74, 6) is 0. The first kappa shape index (κ1) is 14.3. The second-order valence-electron chi connectivity index (χ2n) is 6.41. The van der Waals surface area contributed by atoms with E-state index in [0.717, 1.165) is 12.8 Å². The molecule has 2 amide bonds. The molecule has 0 atom stereocenters. The first-order chi connectivity index (χ1) is 7.62. The van der Waals surface area contributed by atoms with Crippen LogP contribution in [-0.4, -0.2) is 54.1 Å². The molecular formula is C13H27N3O. The highest BCUT2D eigenvalue weighted by Crippen LogP contribution is 2.38. The smallest absolute Gasteiger partial charge is 0.317 e. The molecule has 0 aromatic carbocycles. The minimum atomic E-state index is 0.00570. The molecule has 1 saturated heterocycles. The van der Waals surface area contributed by atoms with Crippen LogP contribution in [0.2, 0.25) is 0 Å². The van der Waals surface area contributed by atoms with Crippen molar-refractivity contribution >= 4 is 6.03 Å². The van der Waals surface area contributed by atoms with Crippen LogP contribution in [0, 0.1) is 0 Å². The lowest BCUT2D eigenvalue weighted by Crippen LogP contribution is -2.63. The normalized spacial score (nSPS) is 24.4. The fraction of sp³-hybridized carbons (Fsp3) is 0.923. The number of nitrogens with zero attached hydrogens (tertiary/aromatic N) is 2. The van der Waals surface area contributed by atoms with E-state index in [9.17, 15) is 4.79 Å². The first-order valence-corrected chi connectivity index (χ1v) is 6.30. The Morgan fingerprint density at radius 3 is 2.00 bits per heavy atom. The van der Waals surface area contributed by atoms with E-state index in [1.807, 2.05) is 11.9 Å². The zero-order valence-electron chi connectivity index (χ0n) is 12.3.